The van der Waals surface area contributed by atoms with Gasteiger partial charge in [-0.15, -0.1) is 11.3 Å². The summed E-state index contributed by atoms with van der Waals surface area (Å²) in [5.41, 5.74) is 1.30. The summed E-state index contributed by atoms with van der Waals surface area (Å²) in [6.07, 6.45) is 4.70. The van der Waals surface area contributed by atoms with Gasteiger partial charge in [-0.1, -0.05) is 18.2 Å². The van der Waals surface area contributed by atoms with Crippen molar-refractivity contribution in [3.05, 3.63) is 42.0 Å². The van der Waals surface area contributed by atoms with E-state index in [1.807, 2.05) is 58.2 Å². The van der Waals surface area contributed by atoms with Gasteiger partial charge in [-0.2, -0.15) is 0 Å². The molecule has 1 fully saturated rings. The van der Waals surface area contributed by atoms with Crippen LogP contribution in [0.5, 0.6) is 5.88 Å². The van der Waals surface area contributed by atoms with E-state index in [1.54, 1.807) is 22.6 Å². The third-order valence-electron chi connectivity index (χ3n) is 6.18. The molecule has 3 aromatic heterocycles. The van der Waals surface area contributed by atoms with Crippen LogP contribution in [0.15, 0.2) is 46.5 Å². The molecule has 0 aliphatic heterocycles. The number of furan rings is 1. The van der Waals surface area contributed by atoms with E-state index in [1.165, 1.54) is 0 Å². The minimum atomic E-state index is -0.498. The monoisotopic (exact) mass is 479 g/mol. The number of nitrogens with zero attached hydrogens (tertiary/aromatic N) is 3. The van der Waals surface area contributed by atoms with E-state index >= 15 is 0 Å². The average molecular weight is 480 g/mol. The Morgan fingerprint density at radius 1 is 1.15 bits per heavy atom. The van der Waals surface area contributed by atoms with Gasteiger partial charge in [-0.3, -0.25) is 0 Å². The number of carbonyl (C=O) groups excluding carboxylic acids is 1. The molecular weight excluding hydrogens is 450 g/mol. The van der Waals surface area contributed by atoms with Gasteiger partial charge in [0.2, 0.25) is 5.88 Å². The van der Waals surface area contributed by atoms with Crippen LogP contribution >= 0.6 is 11.3 Å². The lowest BCUT2D eigenvalue weighted by Crippen LogP contribution is -2.43. The number of carbonyl (C=O) groups is 1. The summed E-state index contributed by atoms with van der Waals surface area (Å²) in [5.74, 6) is 1.38. The van der Waals surface area contributed by atoms with Crippen molar-refractivity contribution in [3.8, 4) is 17.2 Å². The molecule has 0 bridgehead atoms. The van der Waals surface area contributed by atoms with E-state index in [0.29, 0.717) is 5.88 Å². The van der Waals surface area contributed by atoms with Crippen LogP contribution in [-0.2, 0) is 4.74 Å². The maximum atomic E-state index is 12.4. The molecule has 5 rings (SSSR count). The Hall–Kier alpha value is -3.13. The molecule has 7 nitrogen and oxygen atoms in total. The van der Waals surface area contributed by atoms with Crippen LogP contribution in [0, 0.1) is 0 Å². The number of thiophene rings is 1. The van der Waals surface area contributed by atoms with Gasteiger partial charge in [-0.25, -0.2) is 14.8 Å². The molecule has 0 N–H and O–H groups in total. The van der Waals surface area contributed by atoms with Crippen LogP contribution in [-0.4, -0.2) is 45.8 Å². The number of para-hydroxylation sites is 1. The van der Waals surface area contributed by atoms with Crippen molar-refractivity contribution < 1.29 is 18.7 Å². The molecule has 3 heterocycles. The highest BCUT2D eigenvalue weighted by Gasteiger charge is 2.30. The van der Waals surface area contributed by atoms with Gasteiger partial charge < -0.3 is 18.8 Å². The maximum absolute atomic E-state index is 12.4. The van der Waals surface area contributed by atoms with Gasteiger partial charge in [0.1, 0.15) is 34.2 Å². The largest absolute Gasteiger partial charge is 0.474 e. The normalized spacial score (nSPS) is 18.8. The first-order chi connectivity index (χ1) is 16.3. The summed E-state index contributed by atoms with van der Waals surface area (Å²) >= 11 is 1.56. The number of hydrogen-bond acceptors (Lipinski definition) is 7. The lowest BCUT2D eigenvalue weighted by Gasteiger charge is -2.35. The molecule has 1 aliphatic carbocycles. The average Bonchev–Trinajstić information content (AvgIpc) is 3.42. The van der Waals surface area contributed by atoms with Crippen LogP contribution in [0.4, 0.5) is 4.79 Å². The fourth-order valence-electron chi connectivity index (χ4n) is 4.42. The Kier molecular flexibility index (Phi) is 5.93. The highest BCUT2D eigenvalue weighted by atomic mass is 32.1. The molecule has 34 heavy (non-hydrogen) atoms. The second-order valence-corrected chi connectivity index (χ2v) is 10.7. The predicted molar refractivity (Wildman–Crippen MR) is 133 cm³/mol. The van der Waals surface area contributed by atoms with Gasteiger partial charge >= 0.3 is 6.09 Å². The van der Waals surface area contributed by atoms with E-state index in [-0.39, 0.29) is 18.2 Å². The third-order valence-corrected chi connectivity index (χ3v) is 7.06. The molecule has 0 spiro atoms. The molecule has 0 saturated heterocycles. The van der Waals surface area contributed by atoms with Crippen molar-refractivity contribution in [2.24, 2.45) is 0 Å². The van der Waals surface area contributed by atoms with Gasteiger partial charge in [0.05, 0.1) is 5.39 Å². The zero-order valence-corrected chi connectivity index (χ0v) is 20.7. The van der Waals surface area contributed by atoms with Gasteiger partial charge in [0, 0.05) is 29.4 Å². The number of benzene rings is 1. The standard InChI is InChI=1S/C26H29N3O4S/c1-26(2,3)33-25(30)29(4)17-9-11-18(12-10-17)31-23-22-19(14-34-24(22)28-15-27-23)21-13-16-7-5-6-8-20(16)32-21/h5-8,13-15,17-18H,9-12H2,1-4H3. The Labute approximate surface area is 202 Å². The van der Waals surface area contributed by atoms with Crippen molar-refractivity contribution in [1.29, 1.82) is 0 Å². The first-order valence-corrected chi connectivity index (χ1v) is 12.5. The second-order valence-electron chi connectivity index (χ2n) is 9.80. The molecule has 4 aromatic rings. The van der Waals surface area contributed by atoms with Crippen LogP contribution in [0.2, 0.25) is 0 Å². The summed E-state index contributed by atoms with van der Waals surface area (Å²) in [5, 5.41) is 4.00. The second kappa shape index (κ2) is 8.91. The van der Waals surface area contributed by atoms with Crippen LogP contribution < -0.4 is 4.74 Å². The third kappa shape index (κ3) is 4.59. The lowest BCUT2D eigenvalue weighted by atomic mass is 9.92. The molecule has 0 radical (unpaired) electrons. The molecule has 0 unspecified atom stereocenters. The van der Waals surface area contributed by atoms with Crippen LogP contribution in [0.25, 0.3) is 32.5 Å². The van der Waals surface area contributed by atoms with Gasteiger partial charge in [0.15, 0.2) is 0 Å². The molecule has 0 atom stereocenters. The zero-order chi connectivity index (χ0) is 23.9. The highest BCUT2D eigenvalue weighted by Crippen LogP contribution is 2.40. The Morgan fingerprint density at radius 2 is 1.91 bits per heavy atom. The minimum Gasteiger partial charge on any atom is -0.474 e. The number of aromatic nitrogens is 2. The fraction of sp³-hybridized carbons (Fsp3) is 0.423. The van der Waals surface area contributed by atoms with Crippen molar-refractivity contribution in [1.82, 2.24) is 14.9 Å². The Balaban J connectivity index is 1.31. The van der Waals surface area contributed by atoms with Crippen molar-refractivity contribution >= 4 is 38.6 Å². The summed E-state index contributed by atoms with van der Waals surface area (Å²) in [7, 11) is 1.82. The maximum Gasteiger partial charge on any atom is 0.410 e. The molecule has 1 aromatic carbocycles. The van der Waals surface area contributed by atoms with Crippen molar-refractivity contribution in [2.75, 3.05) is 7.05 Å². The van der Waals surface area contributed by atoms with Crippen LogP contribution in [0.3, 0.4) is 0 Å². The SMILES string of the molecule is CN(C(=O)OC(C)(C)C)C1CCC(Oc2ncnc3scc(-c4cc5ccccc5o4)c23)CC1. The van der Waals surface area contributed by atoms with E-state index in [4.69, 9.17) is 13.9 Å². The van der Waals surface area contributed by atoms with E-state index < -0.39 is 5.60 Å². The van der Waals surface area contributed by atoms with Crippen molar-refractivity contribution in [2.45, 2.75) is 64.2 Å². The van der Waals surface area contributed by atoms with Gasteiger partial charge in [-0.05, 0) is 58.6 Å². The molecule has 1 aliphatic rings. The van der Waals surface area contributed by atoms with E-state index in [2.05, 4.69) is 15.3 Å². The summed E-state index contributed by atoms with van der Waals surface area (Å²) in [6, 6.07) is 10.2. The Bertz CT molecular complexity index is 1280. The van der Waals surface area contributed by atoms with Crippen molar-refractivity contribution in [3.63, 3.8) is 0 Å². The van der Waals surface area contributed by atoms with E-state index in [9.17, 15) is 4.79 Å². The molecule has 1 saturated carbocycles. The first kappa shape index (κ1) is 22.7. The predicted octanol–water partition coefficient (Wildman–Crippen LogP) is 6.66. The zero-order valence-electron chi connectivity index (χ0n) is 19.9. The van der Waals surface area contributed by atoms with Gasteiger partial charge in [0.25, 0.3) is 0 Å². The highest BCUT2D eigenvalue weighted by molar-refractivity contribution is 7.17. The number of hydrogen-bond donors (Lipinski definition) is 0. The topological polar surface area (TPSA) is 77.7 Å². The quantitative estimate of drug-likeness (QED) is 0.326. The fourth-order valence-corrected chi connectivity index (χ4v) is 5.31. The Morgan fingerprint density at radius 3 is 2.65 bits per heavy atom. The summed E-state index contributed by atoms with van der Waals surface area (Å²) in [4.78, 5) is 24.0. The first-order valence-electron chi connectivity index (χ1n) is 11.6. The number of ether oxygens (including phenoxy) is 2. The minimum absolute atomic E-state index is 0.0322. The lowest BCUT2D eigenvalue weighted by molar-refractivity contribution is 0.0138. The summed E-state index contributed by atoms with van der Waals surface area (Å²) < 4.78 is 18.0. The molecule has 178 valence electrons. The summed E-state index contributed by atoms with van der Waals surface area (Å²) in [6.45, 7) is 5.65. The number of rotatable bonds is 4. The number of fused-ring (bicyclic) bond motifs is 2. The van der Waals surface area contributed by atoms with E-state index in [0.717, 1.165) is 58.2 Å². The molecule has 1 amide bonds. The van der Waals surface area contributed by atoms with Crippen LogP contribution in [0.1, 0.15) is 46.5 Å². The molecule has 8 heteroatoms. The number of amides is 1. The molecular formula is C26H29N3O4S. The smallest absolute Gasteiger partial charge is 0.410 e.